The van der Waals surface area contributed by atoms with E-state index in [-0.39, 0.29) is 32.7 Å². The summed E-state index contributed by atoms with van der Waals surface area (Å²) >= 11 is 1.72. The van der Waals surface area contributed by atoms with E-state index in [1.54, 1.807) is 17.4 Å². The van der Waals surface area contributed by atoms with Gasteiger partial charge in [0, 0.05) is 0 Å². The predicted molar refractivity (Wildman–Crippen MR) is 37.9 cm³/mol. The van der Waals surface area contributed by atoms with E-state index < -0.39 is 0 Å². The number of thiophene rings is 1. The smallest absolute Gasteiger partial charge is 0.194 e. The second-order valence-electron chi connectivity index (χ2n) is 1.42. The average molecular weight is 212 g/mol. The molecule has 0 N–H and O–H groups in total. The van der Waals surface area contributed by atoms with Crippen molar-refractivity contribution >= 4 is 11.3 Å². The van der Waals surface area contributed by atoms with E-state index in [2.05, 4.69) is 18.0 Å². The minimum atomic E-state index is 0. The van der Waals surface area contributed by atoms with Gasteiger partial charge in [0.25, 0.3) is 0 Å². The molecular formula is C7H7SY+2. The molecule has 0 saturated heterocycles. The molecule has 42 valence electrons. The molecule has 0 aliphatic carbocycles. The van der Waals surface area contributed by atoms with Gasteiger partial charge in [-0.15, -0.1) is 12.1 Å². The molecule has 0 saturated carbocycles. The van der Waals surface area contributed by atoms with Gasteiger partial charge in [-0.25, -0.2) is 0 Å². The fourth-order valence-electron chi connectivity index (χ4n) is 0.502. The fraction of sp³-hybridized carbons (Fsp3) is 0. The number of hydrogen-bond acceptors (Lipinski definition) is 1. The molecule has 0 aliphatic rings. The molecule has 0 atom stereocenters. The zero-order valence-corrected chi connectivity index (χ0v) is 8.73. The van der Waals surface area contributed by atoms with E-state index in [0.717, 1.165) is 0 Å². The molecular weight excluding hydrogens is 205 g/mol. The largest absolute Gasteiger partial charge is 3.00 e. The summed E-state index contributed by atoms with van der Waals surface area (Å²) in [5, 5.41) is 2.05. The maximum atomic E-state index is 3.59. The number of allylic oxidation sites excluding steroid dienone is 1. The second-order valence-corrected chi connectivity index (χ2v) is 2.40. The van der Waals surface area contributed by atoms with Crippen molar-refractivity contribution in [1.29, 1.82) is 0 Å². The molecule has 1 rings (SSSR count). The van der Waals surface area contributed by atoms with Crippen LogP contribution in [-0.4, -0.2) is 0 Å². The van der Waals surface area contributed by atoms with Crippen LogP contribution in [0.2, 0.25) is 0 Å². The third-order valence-electron chi connectivity index (χ3n) is 0.825. The van der Waals surface area contributed by atoms with Gasteiger partial charge in [-0.05, 0) is 5.38 Å². The van der Waals surface area contributed by atoms with Crippen LogP contribution in [0.4, 0.5) is 0 Å². The van der Waals surface area contributed by atoms with Crippen molar-refractivity contribution in [2.24, 2.45) is 0 Å². The Labute approximate surface area is 84.9 Å². The minimum absolute atomic E-state index is 0. The van der Waals surface area contributed by atoms with Gasteiger partial charge in [-0.1, -0.05) is 4.88 Å². The van der Waals surface area contributed by atoms with Crippen LogP contribution in [0.15, 0.2) is 30.2 Å². The normalized spacial score (nSPS) is 7.56. The summed E-state index contributed by atoms with van der Waals surface area (Å²) in [4.78, 5) is 1.26. The molecule has 0 amide bonds. The molecule has 0 spiro atoms. The van der Waals surface area contributed by atoms with E-state index >= 15 is 0 Å². The quantitative estimate of drug-likeness (QED) is 0.660. The first kappa shape index (κ1) is 9.41. The van der Waals surface area contributed by atoms with Crippen LogP contribution < -0.4 is 0 Å². The van der Waals surface area contributed by atoms with Crippen LogP contribution in [0.25, 0.3) is 0 Å². The molecule has 0 bridgehead atoms. The van der Waals surface area contributed by atoms with Crippen LogP contribution in [-0.2, 0) is 32.7 Å². The molecule has 1 aromatic rings. The van der Waals surface area contributed by atoms with E-state index in [0.29, 0.717) is 0 Å². The van der Waals surface area contributed by atoms with Crippen molar-refractivity contribution in [3.8, 4) is 0 Å². The summed E-state index contributed by atoms with van der Waals surface area (Å²) in [7, 11) is 0. The number of hydrogen-bond donors (Lipinski definition) is 0. The topological polar surface area (TPSA) is 0 Å². The van der Waals surface area contributed by atoms with Gasteiger partial charge in [0.05, 0.1) is 0 Å². The summed E-state index contributed by atoms with van der Waals surface area (Å²) < 4.78 is 0. The van der Waals surface area contributed by atoms with Crippen molar-refractivity contribution in [3.63, 3.8) is 0 Å². The van der Waals surface area contributed by atoms with E-state index in [9.17, 15) is 0 Å². The Balaban J connectivity index is 0.000000640. The summed E-state index contributed by atoms with van der Waals surface area (Å²) in [5.41, 5.74) is 0. The van der Waals surface area contributed by atoms with Crippen molar-refractivity contribution in [2.75, 3.05) is 0 Å². The second kappa shape index (κ2) is 5.22. The third-order valence-corrected chi connectivity index (χ3v) is 1.66. The van der Waals surface area contributed by atoms with Crippen LogP contribution in [0, 0.1) is 6.42 Å². The first-order valence-electron chi connectivity index (χ1n) is 2.43. The molecule has 0 fully saturated rings. The first-order chi connectivity index (χ1) is 3.93. The minimum Gasteiger partial charge on any atom is -0.194 e. The first-order valence-corrected chi connectivity index (χ1v) is 3.31. The number of rotatable bonds is 2. The molecule has 0 aliphatic heterocycles. The van der Waals surface area contributed by atoms with Gasteiger partial charge >= 0.3 is 32.7 Å². The standard InChI is InChI=1S/C7H7S.Y/c1-2-4-7-5-3-6-8-7;/h2-6H,1H2;/q-1;+3. The zero-order valence-electron chi connectivity index (χ0n) is 5.08. The summed E-state index contributed by atoms with van der Waals surface area (Å²) in [6.45, 7) is 3.59. The predicted octanol–water partition coefficient (Wildman–Crippen LogP) is 2.48. The van der Waals surface area contributed by atoms with Crippen molar-refractivity contribution in [1.82, 2.24) is 0 Å². The molecule has 1 heterocycles. The SMILES string of the molecule is C=C[CH-]c1cccs1.[Y+3]. The zero-order chi connectivity index (χ0) is 5.82. The van der Waals surface area contributed by atoms with Gasteiger partial charge < -0.3 is 0 Å². The molecule has 1 aromatic heterocycles. The monoisotopic (exact) mass is 212 g/mol. The maximum absolute atomic E-state index is 3.59. The molecule has 2 heteroatoms. The molecule has 0 nitrogen and oxygen atoms in total. The Morgan fingerprint density at radius 1 is 1.67 bits per heavy atom. The molecule has 0 unspecified atom stereocenters. The molecule has 0 radical (unpaired) electrons. The van der Waals surface area contributed by atoms with Crippen LogP contribution in [0.1, 0.15) is 4.88 Å². The van der Waals surface area contributed by atoms with Gasteiger partial charge in [-0.3, -0.25) is 0 Å². The van der Waals surface area contributed by atoms with Crippen molar-refractivity contribution in [2.45, 2.75) is 0 Å². The van der Waals surface area contributed by atoms with E-state index in [4.69, 9.17) is 0 Å². The molecule has 0 aromatic carbocycles. The Kier molecular flexibility index (Phi) is 5.46. The van der Waals surface area contributed by atoms with Crippen molar-refractivity contribution < 1.29 is 32.7 Å². The van der Waals surface area contributed by atoms with Gasteiger partial charge in [0.1, 0.15) is 0 Å². The Morgan fingerprint density at radius 2 is 2.44 bits per heavy atom. The summed E-state index contributed by atoms with van der Waals surface area (Å²) in [6, 6.07) is 4.09. The van der Waals surface area contributed by atoms with Gasteiger partial charge in [0.2, 0.25) is 0 Å². The van der Waals surface area contributed by atoms with Crippen LogP contribution in [0.5, 0.6) is 0 Å². The van der Waals surface area contributed by atoms with Gasteiger partial charge in [-0.2, -0.15) is 30.4 Å². The Hall–Kier alpha value is 0.414. The molecule has 9 heavy (non-hydrogen) atoms. The Morgan fingerprint density at radius 3 is 2.89 bits per heavy atom. The summed E-state index contributed by atoms with van der Waals surface area (Å²) in [5.74, 6) is 0. The van der Waals surface area contributed by atoms with Crippen LogP contribution in [0.3, 0.4) is 0 Å². The third kappa shape index (κ3) is 3.19. The Bertz CT molecular complexity index is 155. The summed E-state index contributed by atoms with van der Waals surface area (Å²) in [6.07, 6.45) is 3.79. The van der Waals surface area contributed by atoms with E-state index in [1.807, 2.05) is 12.5 Å². The fourth-order valence-corrected chi connectivity index (χ4v) is 1.15. The maximum Gasteiger partial charge on any atom is 3.00 e. The van der Waals surface area contributed by atoms with Crippen LogP contribution >= 0.6 is 11.3 Å². The van der Waals surface area contributed by atoms with Crippen molar-refractivity contribution in [3.05, 3.63) is 41.5 Å². The van der Waals surface area contributed by atoms with Gasteiger partial charge in [0.15, 0.2) is 0 Å². The van der Waals surface area contributed by atoms with E-state index in [1.165, 1.54) is 4.88 Å². The average Bonchev–Trinajstić information content (AvgIpc) is 2.19.